The van der Waals surface area contributed by atoms with E-state index < -0.39 is 10.0 Å². The minimum absolute atomic E-state index is 0.0639. The number of para-hydroxylation sites is 1. The molecule has 0 radical (unpaired) electrons. The lowest BCUT2D eigenvalue weighted by Gasteiger charge is -2.34. The van der Waals surface area contributed by atoms with Gasteiger partial charge >= 0.3 is 0 Å². The number of carbonyl (C=O) groups excluding carboxylic acids is 1. The highest BCUT2D eigenvalue weighted by Crippen LogP contribution is 2.32. The smallest absolute Gasteiger partial charge is 0.243 e. The molecule has 0 unspecified atom stereocenters. The second-order valence-corrected chi connectivity index (χ2v) is 9.72. The molecule has 2 aromatic carbocycles. The average molecular weight is 451 g/mol. The SMILES string of the molecule is COc1ccc(S(=O)(=O)N(CC(=O)N(C)c2ccccc2)C2CCCCC2)cc1Cl. The van der Waals surface area contributed by atoms with Gasteiger partial charge in [-0.25, -0.2) is 8.42 Å². The molecule has 3 rings (SSSR count). The maximum atomic E-state index is 13.5. The van der Waals surface area contributed by atoms with Crippen LogP contribution in [0.15, 0.2) is 53.4 Å². The van der Waals surface area contributed by atoms with Crippen molar-refractivity contribution in [2.24, 2.45) is 0 Å². The van der Waals surface area contributed by atoms with Crippen molar-refractivity contribution in [1.29, 1.82) is 0 Å². The van der Waals surface area contributed by atoms with Gasteiger partial charge in [0.25, 0.3) is 0 Å². The monoisotopic (exact) mass is 450 g/mol. The summed E-state index contributed by atoms with van der Waals surface area (Å²) in [5.74, 6) is 0.120. The lowest BCUT2D eigenvalue weighted by Crippen LogP contribution is -2.47. The minimum Gasteiger partial charge on any atom is -0.495 e. The molecule has 1 saturated carbocycles. The second-order valence-electron chi connectivity index (χ2n) is 7.43. The molecule has 0 saturated heterocycles. The topological polar surface area (TPSA) is 66.9 Å². The predicted molar refractivity (Wildman–Crippen MR) is 119 cm³/mol. The Morgan fingerprint density at radius 2 is 1.77 bits per heavy atom. The van der Waals surface area contributed by atoms with Crippen LogP contribution in [0, 0.1) is 0 Å². The van der Waals surface area contributed by atoms with E-state index in [1.165, 1.54) is 34.5 Å². The highest BCUT2D eigenvalue weighted by atomic mass is 35.5. The molecule has 30 heavy (non-hydrogen) atoms. The summed E-state index contributed by atoms with van der Waals surface area (Å²) >= 11 is 6.18. The van der Waals surface area contributed by atoms with Crippen LogP contribution >= 0.6 is 11.6 Å². The molecule has 2 aromatic rings. The number of amides is 1. The summed E-state index contributed by atoms with van der Waals surface area (Å²) < 4.78 is 33.6. The van der Waals surface area contributed by atoms with E-state index in [4.69, 9.17) is 16.3 Å². The van der Waals surface area contributed by atoms with Crippen LogP contribution in [0.5, 0.6) is 5.75 Å². The molecule has 1 fully saturated rings. The molecule has 0 heterocycles. The molecule has 1 aliphatic carbocycles. The molecule has 0 spiro atoms. The fraction of sp³-hybridized carbons (Fsp3) is 0.409. The van der Waals surface area contributed by atoms with Crippen molar-refractivity contribution < 1.29 is 17.9 Å². The van der Waals surface area contributed by atoms with E-state index in [1.807, 2.05) is 30.3 Å². The van der Waals surface area contributed by atoms with Crippen molar-refractivity contribution in [3.8, 4) is 5.75 Å². The molecule has 1 amide bonds. The molecule has 0 bridgehead atoms. The normalized spacial score (nSPS) is 15.2. The lowest BCUT2D eigenvalue weighted by atomic mass is 9.95. The quantitative estimate of drug-likeness (QED) is 0.629. The zero-order chi connectivity index (χ0) is 21.7. The molecule has 6 nitrogen and oxygen atoms in total. The van der Waals surface area contributed by atoms with E-state index in [1.54, 1.807) is 7.05 Å². The third-order valence-electron chi connectivity index (χ3n) is 5.52. The van der Waals surface area contributed by atoms with Crippen LogP contribution in [-0.2, 0) is 14.8 Å². The van der Waals surface area contributed by atoms with Gasteiger partial charge in [0.2, 0.25) is 15.9 Å². The summed E-state index contributed by atoms with van der Waals surface area (Å²) in [6.07, 6.45) is 4.46. The summed E-state index contributed by atoms with van der Waals surface area (Å²) in [7, 11) is -0.779. The van der Waals surface area contributed by atoms with Crippen molar-refractivity contribution in [1.82, 2.24) is 4.31 Å². The molecule has 1 aliphatic rings. The van der Waals surface area contributed by atoms with Gasteiger partial charge in [-0.05, 0) is 43.2 Å². The zero-order valence-corrected chi connectivity index (χ0v) is 18.8. The van der Waals surface area contributed by atoms with E-state index >= 15 is 0 Å². The molecule has 0 aliphatic heterocycles. The second kappa shape index (κ2) is 9.81. The van der Waals surface area contributed by atoms with Crippen LogP contribution in [0.1, 0.15) is 32.1 Å². The van der Waals surface area contributed by atoms with Gasteiger partial charge in [0, 0.05) is 18.8 Å². The van der Waals surface area contributed by atoms with E-state index in [9.17, 15) is 13.2 Å². The van der Waals surface area contributed by atoms with Gasteiger partial charge in [-0.15, -0.1) is 0 Å². The predicted octanol–water partition coefficient (Wildman–Crippen LogP) is 4.34. The fourth-order valence-corrected chi connectivity index (χ4v) is 5.74. The highest BCUT2D eigenvalue weighted by molar-refractivity contribution is 7.89. The Kier molecular flexibility index (Phi) is 7.39. The largest absolute Gasteiger partial charge is 0.495 e. The number of likely N-dealkylation sites (N-methyl/N-ethyl adjacent to an activating group) is 1. The number of ether oxygens (including phenoxy) is 1. The van der Waals surface area contributed by atoms with Gasteiger partial charge in [0.05, 0.1) is 23.6 Å². The first kappa shape index (κ1) is 22.6. The number of benzene rings is 2. The van der Waals surface area contributed by atoms with E-state index in [2.05, 4.69) is 0 Å². The number of halogens is 1. The molecule has 0 N–H and O–H groups in total. The first-order valence-corrected chi connectivity index (χ1v) is 11.8. The molecule has 162 valence electrons. The van der Waals surface area contributed by atoms with E-state index in [0.717, 1.165) is 37.8 Å². The Hall–Kier alpha value is -2.09. The number of hydrogen-bond acceptors (Lipinski definition) is 4. The molecular weight excluding hydrogens is 424 g/mol. The fourth-order valence-electron chi connectivity index (χ4n) is 3.76. The number of nitrogens with zero attached hydrogens (tertiary/aromatic N) is 2. The Morgan fingerprint density at radius 3 is 2.37 bits per heavy atom. The molecule has 0 atom stereocenters. The van der Waals surface area contributed by atoms with Crippen molar-refractivity contribution in [2.75, 3.05) is 25.6 Å². The van der Waals surface area contributed by atoms with Gasteiger partial charge in [-0.2, -0.15) is 4.31 Å². The van der Waals surface area contributed by atoms with Crippen LogP contribution in [0.2, 0.25) is 5.02 Å². The van der Waals surface area contributed by atoms with Gasteiger partial charge in [0.15, 0.2) is 0 Å². The summed E-state index contributed by atoms with van der Waals surface area (Å²) in [5, 5.41) is 0.217. The van der Waals surface area contributed by atoms with Crippen LogP contribution in [0.25, 0.3) is 0 Å². The van der Waals surface area contributed by atoms with Gasteiger partial charge in [-0.3, -0.25) is 4.79 Å². The third-order valence-corrected chi connectivity index (χ3v) is 7.71. The Labute approximate surface area is 183 Å². The number of hydrogen-bond donors (Lipinski definition) is 0. The van der Waals surface area contributed by atoms with Crippen molar-refractivity contribution in [3.05, 3.63) is 53.6 Å². The summed E-state index contributed by atoms with van der Waals surface area (Å²) in [4.78, 5) is 14.6. The van der Waals surface area contributed by atoms with Gasteiger partial charge < -0.3 is 9.64 Å². The number of methoxy groups -OCH3 is 1. The maximum absolute atomic E-state index is 13.5. The number of rotatable bonds is 7. The summed E-state index contributed by atoms with van der Waals surface area (Å²) in [6.45, 7) is -0.220. The van der Waals surface area contributed by atoms with Crippen LogP contribution in [0.3, 0.4) is 0 Å². The van der Waals surface area contributed by atoms with Crippen LogP contribution in [0.4, 0.5) is 5.69 Å². The van der Waals surface area contributed by atoms with E-state index in [0.29, 0.717) is 5.75 Å². The number of carbonyl (C=O) groups is 1. The van der Waals surface area contributed by atoms with Gasteiger partial charge in [0.1, 0.15) is 5.75 Å². The number of sulfonamides is 1. The molecular formula is C22H27ClN2O4S. The summed E-state index contributed by atoms with van der Waals surface area (Å²) in [6, 6.07) is 13.4. The van der Waals surface area contributed by atoms with Crippen molar-refractivity contribution >= 4 is 33.2 Å². The summed E-state index contributed by atoms with van der Waals surface area (Å²) in [5.41, 5.74) is 0.719. The van der Waals surface area contributed by atoms with E-state index in [-0.39, 0.29) is 28.4 Å². The minimum atomic E-state index is -3.91. The maximum Gasteiger partial charge on any atom is 0.243 e. The van der Waals surface area contributed by atoms with Crippen LogP contribution in [-0.4, -0.2) is 45.4 Å². The Morgan fingerprint density at radius 1 is 1.10 bits per heavy atom. The van der Waals surface area contributed by atoms with Crippen LogP contribution < -0.4 is 9.64 Å². The first-order chi connectivity index (χ1) is 14.3. The molecule has 0 aromatic heterocycles. The Balaban J connectivity index is 1.92. The number of anilines is 1. The lowest BCUT2D eigenvalue weighted by molar-refractivity contribution is -0.119. The zero-order valence-electron chi connectivity index (χ0n) is 17.3. The third kappa shape index (κ3) is 4.96. The average Bonchev–Trinajstić information content (AvgIpc) is 2.77. The molecule has 8 heteroatoms. The van der Waals surface area contributed by atoms with Gasteiger partial charge in [-0.1, -0.05) is 49.1 Å². The van der Waals surface area contributed by atoms with Crippen molar-refractivity contribution in [2.45, 2.75) is 43.0 Å². The highest BCUT2D eigenvalue weighted by Gasteiger charge is 2.35. The standard InChI is InChI=1S/C22H27ClN2O4S/c1-24(17-9-5-3-6-10-17)22(26)16-25(18-11-7-4-8-12-18)30(27,28)19-13-14-21(29-2)20(23)15-19/h3,5-6,9-10,13-15,18H,4,7-8,11-12,16H2,1-2H3. The van der Waals surface area contributed by atoms with Crippen molar-refractivity contribution in [3.63, 3.8) is 0 Å². The first-order valence-electron chi connectivity index (χ1n) is 10.0. The Bertz CT molecular complexity index is 976.